The number of nitrogens with one attached hydrogen (secondary N) is 1. The number of pyridine rings is 2. The summed E-state index contributed by atoms with van der Waals surface area (Å²) in [6, 6.07) is 7.17. The number of anilines is 1. The van der Waals surface area contributed by atoms with Gasteiger partial charge in [-0.3, -0.25) is 14.5 Å². The van der Waals surface area contributed by atoms with E-state index < -0.39 is 17.8 Å². The minimum Gasteiger partial charge on any atom is -0.382 e. The minimum absolute atomic E-state index is 0.0949. The van der Waals surface area contributed by atoms with E-state index in [0.717, 1.165) is 0 Å². The van der Waals surface area contributed by atoms with Crippen molar-refractivity contribution < 1.29 is 9.18 Å². The van der Waals surface area contributed by atoms with E-state index in [1.165, 1.54) is 18.3 Å². The summed E-state index contributed by atoms with van der Waals surface area (Å²) in [5, 5.41) is 7.33. The molecule has 0 spiro atoms. The first-order valence-corrected chi connectivity index (χ1v) is 10.3. The summed E-state index contributed by atoms with van der Waals surface area (Å²) >= 11 is 6.16. The van der Waals surface area contributed by atoms with E-state index in [0.29, 0.717) is 28.3 Å². The fourth-order valence-electron chi connectivity index (χ4n) is 3.35. The number of aryl methyl sites for hydroxylation is 2. The minimum atomic E-state index is -0.726. The van der Waals surface area contributed by atoms with Gasteiger partial charge in [-0.25, -0.2) is 19.3 Å². The number of hydrogen-bond acceptors (Lipinski definition) is 7. The van der Waals surface area contributed by atoms with Crippen molar-refractivity contribution in [1.29, 1.82) is 0 Å². The van der Waals surface area contributed by atoms with Crippen LogP contribution in [0.3, 0.4) is 0 Å². The molecule has 4 aromatic rings. The average Bonchev–Trinajstić information content (AvgIpc) is 3.19. The van der Waals surface area contributed by atoms with Crippen LogP contribution in [0.5, 0.6) is 0 Å². The number of hydrogen-bond donors (Lipinski definition) is 2. The lowest BCUT2D eigenvalue weighted by atomic mass is 10.1. The molecular weight excluding hydrogens is 447 g/mol. The fraction of sp³-hybridized carbons (Fsp3) is 0.182. The van der Waals surface area contributed by atoms with Crippen LogP contribution in [0, 0.1) is 12.7 Å². The zero-order valence-electron chi connectivity index (χ0n) is 18.0. The molecule has 0 aliphatic rings. The summed E-state index contributed by atoms with van der Waals surface area (Å²) < 4.78 is 15.7. The van der Waals surface area contributed by atoms with Crippen LogP contribution in [0.15, 0.2) is 42.7 Å². The zero-order valence-corrected chi connectivity index (χ0v) is 18.8. The molecule has 0 saturated heterocycles. The molecule has 4 heterocycles. The molecule has 1 unspecified atom stereocenters. The highest BCUT2D eigenvalue weighted by Gasteiger charge is 2.23. The molecule has 11 heteroatoms. The summed E-state index contributed by atoms with van der Waals surface area (Å²) in [5.41, 5.74) is 8.63. The normalized spacial score (nSPS) is 11.9. The molecule has 9 nitrogen and oxygen atoms in total. The van der Waals surface area contributed by atoms with Gasteiger partial charge in [0.05, 0.1) is 17.4 Å². The van der Waals surface area contributed by atoms with Gasteiger partial charge in [-0.2, -0.15) is 5.10 Å². The molecule has 0 aliphatic carbocycles. The summed E-state index contributed by atoms with van der Waals surface area (Å²) in [7, 11) is 1.77. The molecule has 33 heavy (non-hydrogen) atoms. The van der Waals surface area contributed by atoms with Crippen LogP contribution in [-0.4, -0.2) is 35.6 Å². The van der Waals surface area contributed by atoms with Crippen molar-refractivity contribution >= 4 is 23.3 Å². The highest BCUT2D eigenvalue weighted by molar-refractivity contribution is 6.29. The number of carbonyl (C=O) groups excluding carboxylic acids is 1. The van der Waals surface area contributed by atoms with Gasteiger partial charge >= 0.3 is 0 Å². The number of carbonyl (C=O) groups is 1. The molecule has 1 atom stereocenters. The van der Waals surface area contributed by atoms with Gasteiger partial charge in [0, 0.05) is 30.7 Å². The second-order valence-corrected chi connectivity index (χ2v) is 7.80. The third-order valence-corrected chi connectivity index (χ3v) is 5.03. The number of halogens is 2. The van der Waals surface area contributed by atoms with Gasteiger partial charge in [-0.05, 0) is 44.2 Å². The lowest BCUT2D eigenvalue weighted by molar-refractivity contribution is 0.0934. The Morgan fingerprint density at radius 1 is 1.21 bits per heavy atom. The zero-order chi connectivity index (χ0) is 23.7. The molecule has 0 bridgehead atoms. The molecule has 3 N–H and O–H groups in total. The van der Waals surface area contributed by atoms with Crippen LogP contribution in [0.25, 0.3) is 22.6 Å². The Morgan fingerprint density at radius 3 is 2.67 bits per heavy atom. The van der Waals surface area contributed by atoms with Crippen LogP contribution in [-0.2, 0) is 7.05 Å². The molecule has 0 aliphatic heterocycles. The predicted octanol–water partition coefficient (Wildman–Crippen LogP) is 3.51. The Kier molecular flexibility index (Phi) is 6.01. The van der Waals surface area contributed by atoms with Gasteiger partial charge in [-0.15, -0.1) is 0 Å². The highest BCUT2D eigenvalue weighted by atomic mass is 35.5. The van der Waals surface area contributed by atoms with Crippen molar-refractivity contribution in [2.45, 2.75) is 19.9 Å². The molecule has 0 fully saturated rings. The van der Waals surface area contributed by atoms with E-state index in [9.17, 15) is 9.18 Å². The molecule has 168 valence electrons. The Morgan fingerprint density at radius 2 is 2.00 bits per heavy atom. The van der Waals surface area contributed by atoms with Gasteiger partial charge in [0.25, 0.3) is 5.91 Å². The lowest BCUT2D eigenvalue weighted by Gasteiger charge is -2.16. The lowest BCUT2D eigenvalue weighted by Crippen LogP contribution is -2.30. The van der Waals surface area contributed by atoms with Crippen LogP contribution >= 0.6 is 11.6 Å². The first-order chi connectivity index (χ1) is 15.7. The Bertz CT molecular complexity index is 1340. The topological polar surface area (TPSA) is 124 Å². The fourth-order valence-corrected chi connectivity index (χ4v) is 3.60. The van der Waals surface area contributed by atoms with E-state index in [4.69, 9.17) is 17.3 Å². The predicted molar refractivity (Wildman–Crippen MR) is 122 cm³/mol. The van der Waals surface area contributed by atoms with E-state index in [1.807, 2.05) is 0 Å². The number of nitrogen functional groups attached to an aromatic ring is 1. The van der Waals surface area contributed by atoms with Gasteiger partial charge in [0.15, 0.2) is 11.5 Å². The van der Waals surface area contributed by atoms with E-state index >= 15 is 0 Å². The van der Waals surface area contributed by atoms with Crippen LogP contribution in [0.1, 0.15) is 34.8 Å². The maximum absolute atomic E-state index is 14.1. The SMILES string of the molecule is Cc1cc(-c2nc(C(=O)NC(C)c3ncccc3F)c(N)nc2-c2ccn(C)n2)cc(Cl)n1. The summed E-state index contributed by atoms with van der Waals surface area (Å²) in [6.45, 7) is 3.40. The van der Waals surface area contributed by atoms with Crippen molar-refractivity contribution in [3.8, 4) is 22.6 Å². The first-order valence-electron chi connectivity index (χ1n) is 9.96. The Hall–Kier alpha value is -3.92. The molecule has 0 aromatic carbocycles. The van der Waals surface area contributed by atoms with Crippen molar-refractivity contribution in [3.05, 3.63) is 70.8 Å². The monoisotopic (exact) mass is 466 g/mol. The van der Waals surface area contributed by atoms with E-state index in [1.54, 1.807) is 50.0 Å². The molecular formula is C22H20ClFN8O. The molecule has 1 amide bonds. The standard InChI is InChI=1S/C22H20ClFN8O/c1-11-9-13(10-16(23)27-11)18-19(15-6-8-32(3)31-15)30-21(25)20(29-18)22(33)28-12(2)17-14(24)5-4-7-26-17/h4-10,12H,1-3H3,(H2,25,30)(H,28,33). The second kappa shape index (κ2) is 8.91. The number of rotatable bonds is 5. The largest absolute Gasteiger partial charge is 0.382 e. The van der Waals surface area contributed by atoms with E-state index in [2.05, 4.69) is 30.4 Å². The van der Waals surface area contributed by atoms with Crippen molar-refractivity contribution in [1.82, 2.24) is 35.0 Å². The Balaban J connectivity index is 1.79. The van der Waals surface area contributed by atoms with Gasteiger partial charge in [0.1, 0.15) is 22.4 Å². The van der Waals surface area contributed by atoms with Crippen molar-refractivity contribution in [2.75, 3.05) is 5.73 Å². The van der Waals surface area contributed by atoms with Gasteiger partial charge < -0.3 is 11.1 Å². The van der Waals surface area contributed by atoms with Crippen LogP contribution in [0.4, 0.5) is 10.2 Å². The number of nitrogens with zero attached hydrogens (tertiary/aromatic N) is 6. The maximum atomic E-state index is 14.1. The number of amides is 1. The Labute approximate surface area is 193 Å². The molecule has 4 rings (SSSR count). The smallest absolute Gasteiger partial charge is 0.274 e. The van der Waals surface area contributed by atoms with Crippen molar-refractivity contribution in [2.24, 2.45) is 7.05 Å². The third kappa shape index (κ3) is 4.65. The summed E-state index contributed by atoms with van der Waals surface area (Å²) in [4.78, 5) is 30.2. The summed E-state index contributed by atoms with van der Waals surface area (Å²) in [6.07, 6.45) is 3.20. The molecule has 4 aromatic heterocycles. The third-order valence-electron chi connectivity index (χ3n) is 4.83. The quantitative estimate of drug-likeness (QED) is 0.431. The van der Waals surface area contributed by atoms with Gasteiger partial charge in [-0.1, -0.05) is 11.6 Å². The van der Waals surface area contributed by atoms with Crippen LogP contribution < -0.4 is 11.1 Å². The number of aromatic nitrogens is 6. The second-order valence-electron chi connectivity index (χ2n) is 7.41. The molecule has 0 saturated carbocycles. The van der Waals surface area contributed by atoms with E-state index in [-0.39, 0.29) is 22.4 Å². The summed E-state index contributed by atoms with van der Waals surface area (Å²) in [5.74, 6) is -1.25. The first kappa shape index (κ1) is 22.3. The average molecular weight is 467 g/mol. The number of nitrogens with two attached hydrogens (primary N) is 1. The maximum Gasteiger partial charge on any atom is 0.274 e. The van der Waals surface area contributed by atoms with Crippen molar-refractivity contribution in [3.63, 3.8) is 0 Å². The molecule has 0 radical (unpaired) electrons. The van der Waals surface area contributed by atoms with Gasteiger partial charge in [0.2, 0.25) is 0 Å². The van der Waals surface area contributed by atoms with Crippen LogP contribution in [0.2, 0.25) is 5.15 Å². The highest BCUT2D eigenvalue weighted by Crippen LogP contribution is 2.31.